The summed E-state index contributed by atoms with van der Waals surface area (Å²) in [5.74, 6) is -0.342. The Labute approximate surface area is 90.8 Å². The normalized spacial score (nSPS) is 32.4. The van der Waals surface area contributed by atoms with Gasteiger partial charge in [0.25, 0.3) is 0 Å². The quantitative estimate of drug-likeness (QED) is 0.721. The fourth-order valence-corrected chi connectivity index (χ4v) is 2.10. The first-order valence-corrected chi connectivity index (χ1v) is 5.48. The SMILES string of the molecule is CC(C)C1=CC(O)C(O)C(C(C)C)C1=O. The van der Waals surface area contributed by atoms with Crippen LogP contribution in [0.4, 0.5) is 0 Å². The third kappa shape index (κ3) is 2.29. The number of aliphatic hydroxyl groups is 2. The van der Waals surface area contributed by atoms with Crippen LogP contribution in [0.2, 0.25) is 0 Å². The van der Waals surface area contributed by atoms with E-state index in [2.05, 4.69) is 0 Å². The van der Waals surface area contributed by atoms with Crippen LogP contribution in [0.3, 0.4) is 0 Å². The van der Waals surface area contributed by atoms with Crippen molar-refractivity contribution in [1.29, 1.82) is 0 Å². The third-order valence-electron chi connectivity index (χ3n) is 3.00. The Morgan fingerprint density at radius 1 is 1.20 bits per heavy atom. The number of rotatable bonds is 2. The van der Waals surface area contributed by atoms with Gasteiger partial charge in [-0.3, -0.25) is 4.79 Å². The number of allylic oxidation sites excluding steroid dienone is 1. The van der Waals surface area contributed by atoms with E-state index in [0.717, 1.165) is 0 Å². The summed E-state index contributed by atoms with van der Waals surface area (Å²) in [6, 6.07) is 0. The predicted octanol–water partition coefficient (Wildman–Crippen LogP) is 1.15. The molecular formula is C12H20O3. The highest BCUT2D eigenvalue weighted by atomic mass is 16.3. The molecule has 0 aromatic carbocycles. The van der Waals surface area contributed by atoms with Crippen molar-refractivity contribution < 1.29 is 15.0 Å². The lowest BCUT2D eigenvalue weighted by Gasteiger charge is -2.33. The molecule has 0 saturated heterocycles. The highest BCUT2D eigenvalue weighted by Gasteiger charge is 2.39. The molecule has 0 aliphatic heterocycles. The van der Waals surface area contributed by atoms with Crippen LogP contribution in [0, 0.1) is 17.8 Å². The number of carbonyl (C=O) groups excluding carboxylic acids is 1. The first-order valence-electron chi connectivity index (χ1n) is 5.48. The van der Waals surface area contributed by atoms with E-state index in [9.17, 15) is 15.0 Å². The minimum Gasteiger partial charge on any atom is -0.389 e. The molecule has 3 heteroatoms. The second kappa shape index (κ2) is 4.45. The van der Waals surface area contributed by atoms with E-state index in [1.54, 1.807) is 0 Å². The summed E-state index contributed by atoms with van der Waals surface area (Å²) < 4.78 is 0. The summed E-state index contributed by atoms with van der Waals surface area (Å²) in [7, 11) is 0. The predicted molar refractivity (Wildman–Crippen MR) is 58.3 cm³/mol. The molecule has 15 heavy (non-hydrogen) atoms. The monoisotopic (exact) mass is 212 g/mol. The van der Waals surface area contributed by atoms with Crippen molar-refractivity contribution in [2.75, 3.05) is 0 Å². The maximum Gasteiger partial charge on any atom is 0.164 e. The Morgan fingerprint density at radius 3 is 2.13 bits per heavy atom. The summed E-state index contributed by atoms with van der Waals surface area (Å²) in [5, 5.41) is 19.4. The second-order valence-electron chi connectivity index (χ2n) is 4.89. The molecule has 3 unspecified atom stereocenters. The lowest BCUT2D eigenvalue weighted by atomic mass is 9.74. The third-order valence-corrected chi connectivity index (χ3v) is 3.00. The molecule has 0 radical (unpaired) electrons. The molecule has 0 spiro atoms. The van der Waals surface area contributed by atoms with Gasteiger partial charge in [0.05, 0.1) is 18.1 Å². The van der Waals surface area contributed by atoms with Gasteiger partial charge < -0.3 is 10.2 Å². The van der Waals surface area contributed by atoms with Crippen LogP contribution in [0.15, 0.2) is 11.6 Å². The molecule has 0 fully saturated rings. The van der Waals surface area contributed by atoms with Crippen molar-refractivity contribution in [3.63, 3.8) is 0 Å². The maximum atomic E-state index is 12.0. The lowest BCUT2D eigenvalue weighted by molar-refractivity contribution is -0.129. The molecule has 0 bridgehead atoms. The Kier molecular flexibility index (Phi) is 3.68. The van der Waals surface area contributed by atoms with Crippen LogP contribution in [0.5, 0.6) is 0 Å². The zero-order valence-electron chi connectivity index (χ0n) is 9.77. The summed E-state index contributed by atoms with van der Waals surface area (Å²) in [4.78, 5) is 12.0. The molecule has 0 amide bonds. The zero-order chi connectivity index (χ0) is 11.7. The first kappa shape index (κ1) is 12.4. The molecular weight excluding hydrogens is 192 g/mol. The number of aliphatic hydroxyl groups excluding tert-OH is 2. The number of carbonyl (C=O) groups is 1. The number of Topliss-reactive ketones (excluding diaryl/α,β-unsaturated/α-hetero) is 1. The van der Waals surface area contributed by atoms with E-state index in [4.69, 9.17) is 0 Å². The van der Waals surface area contributed by atoms with Crippen LogP contribution in [0.25, 0.3) is 0 Å². The molecule has 0 saturated carbocycles. The molecule has 1 rings (SSSR count). The van der Waals surface area contributed by atoms with Crippen LogP contribution >= 0.6 is 0 Å². The maximum absolute atomic E-state index is 12.0. The molecule has 86 valence electrons. The lowest BCUT2D eigenvalue weighted by Crippen LogP contribution is -2.45. The largest absolute Gasteiger partial charge is 0.389 e. The van der Waals surface area contributed by atoms with Gasteiger partial charge in [-0.1, -0.05) is 27.7 Å². The molecule has 1 aliphatic rings. The zero-order valence-corrected chi connectivity index (χ0v) is 9.77. The van der Waals surface area contributed by atoms with Crippen molar-refractivity contribution in [3.05, 3.63) is 11.6 Å². The van der Waals surface area contributed by atoms with E-state index in [-0.39, 0.29) is 17.6 Å². The van der Waals surface area contributed by atoms with Crippen molar-refractivity contribution in [3.8, 4) is 0 Å². The topological polar surface area (TPSA) is 57.5 Å². The summed E-state index contributed by atoms with van der Waals surface area (Å²) in [6.45, 7) is 7.63. The standard InChI is InChI=1S/C12H20O3/c1-6(2)8-5-9(13)12(15)10(7(3)4)11(8)14/h5-7,9-10,12-13,15H,1-4H3. The highest BCUT2D eigenvalue weighted by Crippen LogP contribution is 2.30. The van der Waals surface area contributed by atoms with Crippen molar-refractivity contribution in [1.82, 2.24) is 0 Å². The molecule has 0 aromatic heterocycles. The van der Waals surface area contributed by atoms with Gasteiger partial charge in [0.15, 0.2) is 5.78 Å². The highest BCUT2D eigenvalue weighted by molar-refractivity contribution is 5.99. The molecule has 1 aliphatic carbocycles. The average Bonchev–Trinajstić information content (AvgIpc) is 2.10. The fourth-order valence-electron chi connectivity index (χ4n) is 2.10. The van der Waals surface area contributed by atoms with Crippen LogP contribution in [0.1, 0.15) is 27.7 Å². The van der Waals surface area contributed by atoms with Crippen LogP contribution in [-0.4, -0.2) is 28.2 Å². The van der Waals surface area contributed by atoms with Crippen molar-refractivity contribution in [2.45, 2.75) is 39.9 Å². The molecule has 3 atom stereocenters. The number of ketones is 1. The minimum atomic E-state index is -0.958. The van der Waals surface area contributed by atoms with Gasteiger partial charge in [-0.05, 0) is 23.5 Å². The summed E-state index contributed by atoms with van der Waals surface area (Å²) in [6.07, 6.45) is -0.371. The molecule has 0 heterocycles. The minimum absolute atomic E-state index is 0.0159. The van der Waals surface area contributed by atoms with Gasteiger partial charge in [0.2, 0.25) is 0 Å². The first-order chi connectivity index (χ1) is 6.86. The second-order valence-corrected chi connectivity index (χ2v) is 4.89. The van der Waals surface area contributed by atoms with Gasteiger partial charge in [0, 0.05) is 0 Å². The van der Waals surface area contributed by atoms with Crippen LogP contribution < -0.4 is 0 Å². The molecule has 0 aromatic rings. The fraction of sp³-hybridized carbons (Fsp3) is 0.750. The molecule has 2 N–H and O–H groups in total. The van der Waals surface area contributed by atoms with Gasteiger partial charge in [-0.25, -0.2) is 0 Å². The van der Waals surface area contributed by atoms with Crippen molar-refractivity contribution >= 4 is 5.78 Å². The smallest absolute Gasteiger partial charge is 0.164 e. The summed E-state index contributed by atoms with van der Waals surface area (Å²) >= 11 is 0. The average molecular weight is 212 g/mol. The van der Waals surface area contributed by atoms with E-state index in [1.165, 1.54) is 6.08 Å². The van der Waals surface area contributed by atoms with E-state index >= 15 is 0 Å². The Morgan fingerprint density at radius 2 is 1.73 bits per heavy atom. The van der Waals surface area contributed by atoms with Crippen LogP contribution in [-0.2, 0) is 4.79 Å². The Hall–Kier alpha value is -0.670. The van der Waals surface area contributed by atoms with E-state index in [0.29, 0.717) is 5.57 Å². The van der Waals surface area contributed by atoms with E-state index in [1.807, 2.05) is 27.7 Å². The van der Waals surface area contributed by atoms with E-state index < -0.39 is 18.1 Å². The van der Waals surface area contributed by atoms with Gasteiger partial charge in [0.1, 0.15) is 0 Å². The Bertz CT molecular complexity index is 279. The molecule has 3 nitrogen and oxygen atoms in total. The van der Waals surface area contributed by atoms with Gasteiger partial charge in [-0.15, -0.1) is 0 Å². The van der Waals surface area contributed by atoms with Gasteiger partial charge >= 0.3 is 0 Å². The number of hydrogen-bond acceptors (Lipinski definition) is 3. The van der Waals surface area contributed by atoms with Gasteiger partial charge in [-0.2, -0.15) is 0 Å². The van der Waals surface area contributed by atoms with Crippen molar-refractivity contribution in [2.24, 2.45) is 17.8 Å². The summed E-state index contributed by atoms with van der Waals surface area (Å²) in [5.41, 5.74) is 0.645. The Balaban J connectivity index is 3.05. The number of hydrogen-bond donors (Lipinski definition) is 2.